The topological polar surface area (TPSA) is 129 Å². The summed E-state index contributed by atoms with van der Waals surface area (Å²) in [5.41, 5.74) is 3.64. The molecule has 0 bridgehead atoms. The lowest BCUT2D eigenvalue weighted by atomic mass is 9.70. The molecule has 3 aromatic rings. The van der Waals surface area contributed by atoms with Gasteiger partial charge in [0.2, 0.25) is 0 Å². The van der Waals surface area contributed by atoms with Crippen molar-refractivity contribution in [3.05, 3.63) is 47.4 Å². The average Bonchev–Trinajstić information content (AvgIpc) is 3.17. The van der Waals surface area contributed by atoms with E-state index in [4.69, 9.17) is 5.73 Å². The Kier molecular flexibility index (Phi) is 5.52. The normalized spacial score (nSPS) is 17.0. The molecule has 1 aliphatic carbocycles. The Balaban J connectivity index is 1.74. The van der Waals surface area contributed by atoms with Crippen molar-refractivity contribution in [1.82, 2.24) is 19.7 Å². The monoisotopic (exact) mass is 472 g/mol. The fraction of sp³-hybridized carbons (Fsp3) is 0.391. The lowest BCUT2D eigenvalue weighted by Crippen LogP contribution is -2.41. The van der Waals surface area contributed by atoms with Gasteiger partial charge in [-0.15, -0.1) is 0 Å². The van der Waals surface area contributed by atoms with Crippen LogP contribution in [-0.2, 0) is 5.60 Å². The van der Waals surface area contributed by atoms with E-state index in [0.29, 0.717) is 36.6 Å². The minimum absolute atomic E-state index is 0.0206. The van der Waals surface area contributed by atoms with Gasteiger partial charge in [-0.25, -0.2) is 9.97 Å². The van der Waals surface area contributed by atoms with Gasteiger partial charge in [-0.05, 0) is 43.9 Å². The summed E-state index contributed by atoms with van der Waals surface area (Å²) >= 11 is 0. The Labute approximate surface area is 193 Å². The lowest BCUT2D eigenvalue weighted by Gasteiger charge is -2.34. The summed E-state index contributed by atoms with van der Waals surface area (Å²) < 4.78 is 41.7. The van der Waals surface area contributed by atoms with Gasteiger partial charge in [-0.2, -0.15) is 18.4 Å². The molecule has 8 nitrogen and oxygen atoms in total. The predicted molar refractivity (Wildman–Crippen MR) is 117 cm³/mol. The number of carbonyl (C=O) groups excluding carboxylic acids is 1. The highest BCUT2D eigenvalue weighted by molar-refractivity contribution is 5.93. The number of halogens is 3. The molecule has 11 heteroatoms. The Morgan fingerprint density at radius 2 is 2.09 bits per heavy atom. The van der Waals surface area contributed by atoms with Gasteiger partial charge in [0.25, 0.3) is 5.91 Å². The minimum atomic E-state index is -4.88. The molecule has 2 heterocycles. The van der Waals surface area contributed by atoms with Crippen molar-refractivity contribution >= 4 is 17.4 Å². The van der Waals surface area contributed by atoms with Crippen molar-refractivity contribution < 1.29 is 23.1 Å². The highest BCUT2D eigenvalue weighted by Gasteiger charge is 2.51. The number of aromatic nitrogens is 3. The van der Waals surface area contributed by atoms with Gasteiger partial charge >= 0.3 is 6.18 Å². The lowest BCUT2D eigenvalue weighted by molar-refractivity contribution is -0.258. The van der Waals surface area contributed by atoms with E-state index < -0.39 is 23.1 Å². The number of alkyl halides is 3. The van der Waals surface area contributed by atoms with Crippen molar-refractivity contribution in [2.24, 2.45) is 5.41 Å². The van der Waals surface area contributed by atoms with Crippen LogP contribution in [-0.4, -0.2) is 38.1 Å². The standard InChI is InChI=1S/C23H23F3N6O2/c1-13-4-5-14(21(2,34)23(24,25)26)8-15(13)17-9-29-19-18(28)31-16(10-32(17)19)20(33)30-12-22(11-27)6-3-7-22/h4-5,8-10,34H,3,6-7,12H2,1-2H3,(H2,28,31)(H,30,33). The molecule has 0 spiro atoms. The van der Waals surface area contributed by atoms with Crippen LogP contribution >= 0.6 is 0 Å². The fourth-order valence-corrected chi connectivity index (χ4v) is 3.96. The minimum Gasteiger partial charge on any atom is -0.381 e. The molecule has 1 fully saturated rings. The number of nitrogen functional groups attached to an aromatic ring is 1. The quantitative estimate of drug-likeness (QED) is 0.521. The van der Waals surface area contributed by atoms with Crippen LogP contribution in [0.3, 0.4) is 0 Å². The highest BCUT2D eigenvalue weighted by Crippen LogP contribution is 2.41. The van der Waals surface area contributed by atoms with E-state index in [-0.39, 0.29) is 29.3 Å². The van der Waals surface area contributed by atoms with Crippen LogP contribution in [0.5, 0.6) is 0 Å². The Hall–Kier alpha value is -3.65. The second kappa shape index (κ2) is 7.99. The number of aryl methyl sites for hydroxylation is 1. The van der Waals surface area contributed by atoms with Crippen molar-refractivity contribution in [1.29, 1.82) is 5.26 Å². The second-order valence-corrected chi connectivity index (χ2v) is 8.88. The number of nitrogens with two attached hydrogens (primary N) is 1. The molecule has 1 aromatic carbocycles. The summed E-state index contributed by atoms with van der Waals surface area (Å²) in [6, 6.07) is 6.19. The van der Waals surface area contributed by atoms with Crippen LogP contribution in [0, 0.1) is 23.7 Å². The number of nitrogens with one attached hydrogen (secondary N) is 1. The van der Waals surface area contributed by atoms with Crippen molar-refractivity contribution in [2.75, 3.05) is 12.3 Å². The van der Waals surface area contributed by atoms with E-state index in [1.165, 1.54) is 35.0 Å². The highest BCUT2D eigenvalue weighted by atomic mass is 19.4. The largest absolute Gasteiger partial charge is 0.421 e. The van der Waals surface area contributed by atoms with Crippen LogP contribution in [0.1, 0.15) is 47.8 Å². The zero-order valence-corrected chi connectivity index (χ0v) is 18.6. The molecular formula is C23H23F3N6O2. The molecule has 1 saturated carbocycles. The molecule has 4 rings (SSSR count). The van der Waals surface area contributed by atoms with Crippen LogP contribution in [0.4, 0.5) is 19.0 Å². The number of fused-ring (bicyclic) bond motifs is 1. The first kappa shape index (κ1) is 23.5. The molecule has 0 aliphatic heterocycles. The van der Waals surface area contributed by atoms with Crippen molar-refractivity contribution in [3.8, 4) is 17.3 Å². The number of benzene rings is 1. The third-order valence-electron chi connectivity index (χ3n) is 6.51. The van der Waals surface area contributed by atoms with Crippen molar-refractivity contribution in [2.45, 2.75) is 44.9 Å². The maximum atomic E-state index is 13.4. The molecule has 34 heavy (non-hydrogen) atoms. The molecule has 1 unspecified atom stereocenters. The van der Waals surface area contributed by atoms with Gasteiger partial charge in [0.15, 0.2) is 17.1 Å². The fourth-order valence-electron chi connectivity index (χ4n) is 3.96. The van der Waals surface area contributed by atoms with E-state index in [9.17, 15) is 28.3 Å². The first-order valence-electron chi connectivity index (χ1n) is 10.6. The predicted octanol–water partition coefficient (Wildman–Crippen LogP) is 3.48. The number of amides is 1. The molecular weight excluding hydrogens is 449 g/mol. The number of carbonyl (C=O) groups is 1. The zero-order chi connectivity index (χ0) is 24.9. The van der Waals surface area contributed by atoms with E-state index in [1.54, 1.807) is 6.92 Å². The molecule has 1 atom stereocenters. The second-order valence-electron chi connectivity index (χ2n) is 8.88. The summed E-state index contributed by atoms with van der Waals surface area (Å²) in [6.45, 7) is 2.59. The SMILES string of the molecule is Cc1ccc(C(C)(O)C(F)(F)F)cc1-c1cnc2c(N)nc(C(=O)NCC3(C#N)CCC3)cn12. The summed E-state index contributed by atoms with van der Waals surface area (Å²) in [5.74, 6) is -0.561. The summed E-state index contributed by atoms with van der Waals surface area (Å²) in [6.07, 6.45) is 0.293. The smallest absolute Gasteiger partial charge is 0.381 e. The van der Waals surface area contributed by atoms with E-state index in [0.717, 1.165) is 6.42 Å². The van der Waals surface area contributed by atoms with Gasteiger partial charge < -0.3 is 16.2 Å². The molecule has 1 aliphatic rings. The average molecular weight is 472 g/mol. The van der Waals surface area contributed by atoms with Gasteiger partial charge in [-0.3, -0.25) is 9.20 Å². The van der Waals surface area contributed by atoms with E-state index >= 15 is 0 Å². The van der Waals surface area contributed by atoms with Gasteiger partial charge in [-0.1, -0.05) is 18.6 Å². The molecule has 2 aromatic heterocycles. The first-order chi connectivity index (χ1) is 15.9. The number of nitriles is 1. The van der Waals surface area contributed by atoms with Crippen molar-refractivity contribution in [3.63, 3.8) is 0 Å². The number of rotatable bonds is 5. The van der Waals surface area contributed by atoms with Crippen LogP contribution in [0.2, 0.25) is 0 Å². The zero-order valence-electron chi connectivity index (χ0n) is 18.6. The summed E-state index contributed by atoms with van der Waals surface area (Å²) in [4.78, 5) is 21.1. The van der Waals surface area contributed by atoms with Gasteiger partial charge in [0.1, 0.15) is 5.69 Å². The van der Waals surface area contributed by atoms with E-state index in [2.05, 4.69) is 21.4 Å². The maximum Gasteiger partial charge on any atom is 0.421 e. The molecule has 0 saturated heterocycles. The number of hydrogen-bond acceptors (Lipinski definition) is 6. The number of nitrogens with zero attached hydrogens (tertiary/aromatic N) is 4. The molecule has 1 amide bonds. The third kappa shape index (κ3) is 3.84. The van der Waals surface area contributed by atoms with Crippen LogP contribution < -0.4 is 11.1 Å². The van der Waals surface area contributed by atoms with Gasteiger partial charge in [0.05, 0.1) is 23.4 Å². The molecule has 178 valence electrons. The van der Waals surface area contributed by atoms with Gasteiger partial charge in [0, 0.05) is 18.3 Å². The van der Waals surface area contributed by atoms with Crippen LogP contribution in [0.25, 0.3) is 16.9 Å². The number of anilines is 1. The van der Waals surface area contributed by atoms with Crippen LogP contribution in [0.15, 0.2) is 30.6 Å². The Morgan fingerprint density at radius 1 is 1.38 bits per heavy atom. The molecule has 4 N–H and O–H groups in total. The number of imidazole rings is 1. The van der Waals surface area contributed by atoms with E-state index in [1.807, 2.05) is 0 Å². The Morgan fingerprint density at radius 3 is 2.68 bits per heavy atom. The number of aliphatic hydroxyl groups is 1. The maximum absolute atomic E-state index is 13.4. The molecule has 0 radical (unpaired) electrons. The summed E-state index contributed by atoms with van der Waals surface area (Å²) in [5, 5.41) is 22.2. The summed E-state index contributed by atoms with van der Waals surface area (Å²) in [7, 11) is 0. The number of hydrogen-bond donors (Lipinski definition) is 3. The first-order valence-corrected chi connectivity index (χ1v) is 10.6. The Bertz CT molecular complexity index is 1320. The third-order valence-corrected chi connectivity index (χ3v) is 6.51.